The van der Waals surface area contributed by atoms with Crippen LogP contribution >= 0.6 is 0 Å². The number of H-pyrrole nitrogens is 1. The largest absolute Gasteiger partial charge is 0.369 e. The third-order valence-electron chi connectivity index (χ3n) is 4.90. The zero-order chi connectivity index (χ0) is 18.8. The number of aromatic nitrogens is 4. The molecule has 2 heterocycles. The summed E-state index contributed by atoms with van der Waals surface area (Å²) in [5.74, 6) is 2.60. The van der Waals surface area contributed by atoms with Crippen LogP contribution in [0.1, 0.15) is 22.8 Å². The van der Waals surface area contributed by atoms with Crippen molar-refractivity contribution in [2.75, 3.05) is 18.4 Å². The third kappa shape index (κ3) is 3.48. The van der Waals surface area contributed by atoms with Gasteiger partial charge in [-0.1, -0.05) is 18.2 Å². The number of nitrogens with one attached hydrogen (secondary N) is 2. The summed E-state index contributed by atoms with van der Waals surface area (Å²) < 4.78 is 0. The number of fused-ring (bicyclic) bond motifs is 2. The van der Waals surface area contributed by atoms with E-state index >= 15 is 0 Å². The SMILES string of the molecule is Cc1ccc2[nH]c(CCNc3nc(CCN)nc4ccccc34)nc2c1C. The summed E-state index contributed by atoms with van der Waals surface area (Å²) in [6.07, 6.45) is 1.46. The quantitative estimate of drug-likeness (QED) is 0.491. The van der Waals surface area contributed by atoms with Crippen molar-refractivity contribution in [3.05, 3.63) is 59.2 Å². The summed E-state index contributed by atoms with van der Waals surface area (Å²) in [5, 5.41) is 4.48. The highest BCUT2D eigenvalue weighted by molar-refractivity contribution is 5.89. The fourth-order valence-electron chi connectivity index (χ4n) is 3.28. The van der Waals surface area contributed by atoms with Gasteiger partial charge in [-0.25, -0.2) is 15.0 Å². The fraction of sp³-hybridized carbons (Fsp3) is 0.286. The van der Waals surface area contributed by atoms with Crippen LogP contribution in [0.3, 0.4) is 0 Å². The van der Waals surface area contributed by atoms with Gasteiger partial charge in [-0.05, 0) is 49.7 Å². The number of hydrogen-bond donors (Lipinski definition) is 3. The second-order valence-corrected chi connectivity index (χ2v) is 6.81. The first kappa shape index (κ1) is 17.4. The molecule has 0 aliphatic rings. The van der Waals surface area contributed by atoms with E-state index in [9.17, 15) is 0 Å². The van der Waals surface area contributed by atoms with E-state index in [1.807, 2.05) is 24.3 Å². The van der Waals surface area contributed by atoms with Crippen molar-refractivity contribution >= 4 is 27.8 Å². The van der Waals surface area contributed by atoms with Crippen molar-refractivity contribution in [3.63, 3.8) is 0 Å². The molecule has 4 rings (SSSR count). The third-order valence-corrected chi connectivity index (χ3v) is 4.90. The van der Waals surface area contributed by atoms with Gasteiger partial charge in [0.25, 0.3) is 0 Å². The molecule has 0 bridgehead atoms. The van der Waals surface area contributed by atoms with E-state index in [2.05, 4.69) is 46.2 Å². The van der Waals surface area contributed by atoms with Gasteiger partial charge >= 0.3 is 0 Å². The molecule has 0 aliphatic heterocycles. The zero-order valence-electron chi connectivity index (χ0n) is 15.7. The van der Waals surface area contributed by atoms with Gasteiger partial charge in [-0.15, -0.1) is 0 Å². The van der Waals surface area contributed by atoms with Gasteiger partial charge < -0.3 is 16.0 Å². The molecule has 0 amide bonds. The number of imidazole rings is 1. The van der Waals surface area contributed by atoms with Crippen LogP contribution in [0.15, 0.2) is 36.4 Å². The Morgan fingerprint density at radius 2 is 1.85 bits per heavy atom. The highest BCUT2D eigenvalue weighted by Gasteiger charge is 2.09. The van der Waals surface area contributed by atoms with Gasteiger partial charge in [0.05, 0.1) is 16.6 Å². The normalized spacial score (nSPS) is 11.4. The second-order valence-electron chi connectivity index (χ2n) is 6.81. The van der Waals surface area contributed by atoms with E-state index in [-0.39, 0.29) is 0 Å². The highest BCUT2D eigenvalue weighted by Crippen LogP contribution is 2.21. The molecule has 6 heteroatoms. The van der Waals surface area contributed by atoms with Crippen molar-refractivity contribution in [1.29, 1.82) is 0 Å². The van der Waals surface area contributed by atoms with E-state index in [1.165, 1.54) is 11.1 Å². The molecular weight excluding hydrogens is 336 g/mol. The molecule has 0 radical (unpaired) electrons. The number of nitrogens with zero attached hydrogens (tertiary/aromatic N) is 3. The first-order valence-corrected chi connectivity index (χ1v) is 9.30. The predicted octanol–water partition coefficient (Wildman–Crippen LogP) is 3.28. The Labute approximate surface area is 158 Å². The summed E-state index contributed by atoms with van der Waals surface area (Å²) in [6.45, 7) is 5.51. The van der Waals surface area contributed by atoms with Crippen molar-refractivity contribution in [2.24, 2.45) is 5.73 Å². The van der Waals surface area contributed by atoms with Crippen LogP contribution < -0.4 is 11.1 Å². The van der Waals surface area contributed by atoms with Crippen LogP contribution in [0.4, 0.5) is 5.82 Å². The first-order valence-electron chi connectivity index (χ1n) is 9.30. The molecule has 2 aromatic carbocycles. The standard InChI is InChI=1S/C21H24N6/c1-13-7-8-17-20(14(13)2)26-19(25-17)10-12-23-21-15-5-3-4-6-16(15)24-18(27-21)9-11-22/h3-8H,9-12,22H2,1-2H3,(H,25,26)(H,23,24,27). The molecule has 4 aromatic rings. The molecule has 0 aliphatic carbocycles. The summed E-state index contributed by atoms with van der Waals surface area (Å²) in [7, 11) is 0. The van der Waals surface area contributed by atoms with Crippen molar-refractivity contribution in [2.45, 2.75) is 26.7 Å². The molecule has 0 saturated heterocycles. The number of rotatable bonds is 6. The molecule has 0 saturated carbocycles. The molecular formula is C21H24N6. The van der Waals surface area contributed by atoms with E-state index in [0.29, 0.717) is 13.0 Å². The van der Waals surface area contributed by atoms with Crippen LogP contribution in [0.5, 0.6) is 0 Å². The summed E-state index contributed by atoms with van der Waals surface area (Å²) in [4.78, 5) is 17.4. The average molecular weight is 360 g/mol. The van der Waals surface area contributed by atoms with Crippen molar-refractivity contribution in [3.8, 4) is 0 Å². The van der Waals surface area contributed by atoms with Gasteiger partial charge in [0, 0.05) is 24.8 Å². The summed E-state index contributed by atoms with van der Waals surface area (Å²) in [6, 6.07) is 12.3. The molecule has 0 spiro atoms. The van der Waals surface area contributed by atoms with Crippen LogP contribution in [0.2, 0.25) is 0 Å². The maximum Gasteiger partial charge on any atom is 0.137 e. The van der Waals surface area contributed by atoms with Crippen LogP contribution in [0, 0.1) is 13.8 Å². The Morgan fingerprint density at radius 3 is 2.70 bits per heavy atom. The first-order chi connectivity index (χ1) is 13.2. The predicted molar refractivity (Wildman–Crippen MR) is 110 cm³/mol. The molecule has 4 N–H and O–H groups in total. The van der Waals surface area contributed by atoms with Crippen LogP contribution in [-0.4, -0.2) is 33.0 Å². The lowest BCUT2D eigenvalue weighted by molar-refractivity contribution is 0.872. The molecule has 0 unspecified atom stereocenters. The molecule has 0 fully saturated rings. The number of aromatic amines is 1. The number of nitrogens with two attached hydrogens (primary N) is 1. The van der Waals surface area contributed by atoms with Crippen molar-refractivity contribution < 1.29 is 0 Å². The Balaban J connectivity index is 1.54. The zero-order valence-corrected chi connectivity index (χ0v) is 15.7. The smallest absolute Gasteiger partial charge is 0.137 e. The number of aryl methyl sites for hydroxylation is 2. The van der Waals surface area contributed by atoms with Crippen molar-refractivity contribution in [1.82, 2.24) is 19.9 Å². The summed E-state index contributed by atoms with van der Waals surface area (Å²) >= 11 is 0. The Hall–Kier alpha value is -2.99. The molecule has 138 valence electrons. The van der Waals surface area contributed by atoms with Crippen LogP contribution in [-0.2, 0) is 12.8 Å². The lowest BCUT2D eigenvalue weighted by Gasteiger charge is -2.10. The van der Waals surface area contributed by atoms with Gasteiger partial charge in [0.15, 0.2) is 0 Å². The molecule has 6 nitrogen and oxygen atoms in total. The van der Waals surface area contributed by atoms with E-state index < -0.39 is 0 Å². The molecule has 2 aromatic heterocycles. The lowest BCUT2D eigenvalue weighted by Crippen LogP contribution is -2.11. The highest BCUT2D eigenvalue weighted by atomic mass is 15.0. The fourth-order valence-corrected chi connectivity index (χ4v) is 3.28. The van der Waals surface area contributed by atoms with E-state index in [4.69, 9.17) is 10.7 Å². The number of anilines is 1. The minimum atomic E-state index is 0.537. The topological polar surface area (TPSA) is 92.5 Å². The second kappa shape index (κ2) is 7.32. The maximum absolute atomic E-state index is 5.68. The Bertz CT molecular complexity index is 1100. The average Bonchev–Trinajstić information content (AvgIpc) is 3.09. The summed E-state index contributed by atoms with van der Waals surface area (Å²) in [5.41, 5.74) is 11.3. The molecule has 27 heavy (non-hydrogen) atoms. The van der Waals surface area contributed by atoms with E-state index in [1.54, 1.807) is 0 Å². The Kier molecular flexibility index (Phi) is 4.73. The number of hydrogen-bond acceptors (Lipinski definition) is 5. The maximum atomic E-state index is 5.68. The van der Waals surface area contributed by atoms with Gasteiger partial charge in [-0.3, -0.25) is 0 Å². The number of benzene rings is 2. The van der Waals surface area contributed by atoms with Gasteiger partial charge in [-0.2, -0.15) is 0 Å². The Morgan fingerprint density at radius 1 is 1.00 bits per heavy atom. The van der Waals surface area contributed by atoms with Crippen LogP contribution in [0.25, 0.3) is 21.9 Å². The minimum Gasteiger partial charge on any atom is -0.369 e. The number of para-hydroxylation sites is 1. The lowest BCUT2D eigenvalue weighted by atomic mass is 10.1. The monoisotopic (exact) mass is 360 g/mol. The van der Waals surface area contributed by atoms with Gasteiger partial charge in [0.1, 0.15) is 17.5 Å². The van der Waals surface area contributed by atoms with E-state index in [0.717, 1.165) is 52.4 Å². The molecule has 0 atom stereocenters. The minimum absolute atomic E-state index is 0.537. The van der Waals surface area contributed by atoms with Gasteiger partial charge in [0.2, 0.25) is 0 Å².